The normalized spacial score (nSPS) is 11.4. The predicted molar refractivity (Wildman–Crippen MR) is 79.9 cm³/mol. The number of hydrogen-bond donors (Lipinski definition) is 1. The predicted octanol–water partition coefficient (Wildman–Crippen LogP) is 2.31. The van der Waals surface area contributed by atoms with E-state index in [1.54, 1.807) is 6.07 Å². The maximum atomic E-state index is 14.2. The molecule has 0 aliphatic rings. The van der Waals surface area contributed by atoms with Crippen LogP contribution in [0.25, 0.3) is 0 Å². The molecule has 0 atom stereocenters. The average molecular weight is 267 g/mol. The Balaban J connectivity index is 2.89. The van der Waals surface area contributed by atoms with Crippen molar-refractivity contribution in [2.24, 2.45) is 11.7 Å². The Morgan fingerprint density at radius 2 is 1.89 bits per heavy atom. The number of benzene rings is 1. The molecular formula is C15H26FN3. The fourth-order valence-corrected chi connectivity index (χ4v) is 2.01. The molecule has 108 valence electrons. The van der Waals surface area contributed by atoms with Crippen LogP contribution in [0.1, 0.15) is 19.4 Å². The highest BCUT2D eigenvalue weighted by Crippen LogP contribution is 2.21. The van der Waals surface area contributed by atoms with Gasteiger partial charge in [0.15, 0.2) is 0 Å². The molecule has 0 amide bonds. The minimum absolute atomic E-state index is 0.178. The summed E-state index contributed by atoms with van der Waals surface area (Å²) in [5, 5.41) is 0. The van der Waals surface area contributed by atoms with E-state index >= 15 is 0 Å². The minimum atomic E-state index is -0.178. The van der Waals surface area contributed by atoms with Gasteiger partial charge in [0.25, 0.3) is 0 Å². The number of rotatable bonds is 7. The monoisotopic (exact) mass is 267 g/mol. The maximum Gasteiger partial charge on any atom is 0.146 e. The molecule has 1 aromatic rings. The first-order valence-electron chi connectivity index (χ1n) is 6.82. The Hall–Kier alpha value is -1.13. The van der Waals surface area contributed by atoms with E-state index in [-0.39, 0.29) is 5.82 Å². The molecule has 0 aliphatic heterocycles. The van der Waals surface area contributed by atoms with Crippen molar-refractivity contribution in [1.29, 1.82) is 0 Å². The van der Waals surface area contributed by atoms with E-state index in [0.717, 1.165) is 25.2 Å². The van der Waals surface area contributed by atoms with E-state index in [9.17, 15) is 4.39 Å². The zero-order valence-corrected chi connectivity index (χ0v) is 12.5. The van der Waals surface area contributed by atoms with E-state index < -0.39 is 0 Å². The zero-order valence-electron chi connectivity index (χ0n) is 12.5. The molecular weight excluding hydrogens is 241 g/mol. The van der Waals surface area contributed by atoms with Crippen molar-refractivity contribution < 1.29 is 4.39 Å². The lowest BCUT2D eigenvalue weighted by Crippen LogP contribution is -2.35. The van der Waals surface area contributed by atoms with Crippen LogP contribution in [0.15, 0.2) is 18.2 Å². The number of nitrogens with zero attached hydrogens (tertiary/aromatic N) is 2. The van der Waals surface area contributed by atoms with E-state index in [4.69, 9.17) is 5.73 Å². The van der Waals surface area contributed by atoms with Gasteiger partial charge in [0.2, 0.25) is 0 Å². The van der Waals surface area contributed by atoms with Crippen LogP contribution in [0.4, 0.5) is 10.1 Å². The molecule has 4 heteroatoms. The number of anilines is 1. The number of likely N-dealkylation sites (N-methyl/N-ethyl adjacent to an activating group) is 1. The molecule has 0 aromatic heterocycles. The lowest BCUT2D eigenvalue weighted by atomic mass is 10.1. The number of nitrogens with two attached hydrogens (primary N) is 1. The average Bonchev–Trinajstić information content (AvgIpc) is 2.34. The maximum absolute atomic E-state index is 14.2. The summed E-state index contributed by atoms with van der Waals surface area (Å²) >= 11 is 0. The second-order valence-corrected chi connectivity index (χ2v) is 5.63. The van der Waals surface area contributed by atoms with Gasteiger partial charge in [0.05, 0.1) is 5.69 Å². The van der Waals surface area contributed by atoms with Gasteiger partial charge in [-0.25, -0.2) is 4.39 Å². The molecule has 1 rings (SSSR count). The van der Waals surface area contributed by atoms with Crippen molar-refractivity contribution in [3.05, 3.63) is 29.6 Å². The third-order valence-electron chi connectivity index (χ3n) is 2.99. The summed E-state index contributed by atoms with van der Waals surface area (Å²) < 4.78 is 14.2. The molecule has 0 saturated heterocycles. The molecule has 0 unspecified atom stereocenters. The summed E-state index contributed by atoms with van der Waals surface area (Å²) in [7, 11) is 4.06. The Bertz CT molecular complexity index is 391. The van der Waals surface area contributed by atoms with Gasteiger partial charge in [-0.1, -0.05) is 19.9 Å². The third-order valence-corrected chi connectivity index (χ3v) is 2.99. The lowest BCUT2D eigenvalue weighted by molar-refractivity contribution is 0.407. The fraction of sp³-hybridized carbons (Fsp3) is 0.600. The summed E-state index contributed by atoms with van der Waals surface area (Å²) in [6.07, 6.45) is 0. The largest absolute Gasteiger partial charge is 0.368 e. The van der Waals surface area contributed by atoms with Crippen molar-refractivity contribution in [2.45, 2.75) is 20.4 Å². The van der Waals surface area contributed by atoms with Gasteiger partial charge in [0, 0.05) is 26.2 Å². The molecule has 2 N–H and O–H groups in total. The highest BCUT2D eigenvalue weighted by molar-refractivity contribution is 5.49. The van der Waals surface area contributed by atoms with Gasteiger partial charge in [0.1, 0.15) is 5.82 Å². The first-order chi connectivity index (χ1) is 8.93. The highest BCUT2D eigenvalue weighted by atomic mass is 19.1. The van der Waals surface area contributed by atoms with Crippen LogP contribution >= 0.6 is 0 Å². The van der Waals surface area contributed by atoms with Crippen molar-refractivity contribution in [3.8, 4) is 0 Å². The molecule has 0 bridgehead atoms. The first-order valence-corrected chi connectivity index (χ1v) is 6.82. The standard InChI is InChI=1S/C15H26FN3/c1-12(2)11-19(8-7-18(3)4)15-6-5-13(10-17)9-14(15)16/h5-6,9,12H,7-8,10-11,17H2,1-4H3. The van der Waals surface area contributed by atoms with Crippen molar-refractivity contribution in [2.75, 3.05) is 38.6 Å². The summed E-state index contributed by atoms with van der Waals surface area (Å²) in [5.41, 5.74) is 7.04. The van der Waals surface area contributed by atoms with Crippen LogP contribution in [0.3, 0.4) is 0 Å². The van der Waals surface area contributed by atoms with E-state index in [1.165, 1.54) is 0 Å². The summed E-state index contributed by atoms with van der Waals surface area (Å²) in [4.78, 5) is 4.22. The van der Waals surface area contributed by atoms with Gasteiger partial charge in [-0.05, 0) is 37.7 Å². The quantitative estimate of drug-likeness (QED) is 0.823. The van der Waals surface area contributed by atoms with Gasteiger partial charge >= 0.3 is 0 Å². The Morgan fingerprint density at radius 3 is 2.37 bits per heavy atom. The van der Waals surface area contributed by atoms with E-state index in [1.807, 2.05) is 26.2 Å². The Kier molecular flexibility index (Phi) is 6.25. The Labute approximate surface area is 116 Å². The van der Waals surface area contributed by atoms with Crippen molar-refractivity contribution in [1.82, 2.24) is 4.90 Å². The molecule has 19 heavy (non-hydrogen) atoms. The summed E-state index contributed by atoms with van der Waals surface area (Å²) in [5.74, 6) is 0.318. The van der Waals surface area contributed by atoms with Crippen LogP contribution in [0, 0.1) is 11.7 Å². The molecule has 0 spiro atoms. The van der Waals surface area contributed by atoms with Gasteiger partial charge < -0.3 is 15.5 Å². The van der Waals surface area contributed by atoms with Gasteiger partial charge in [-0.15, -0.1) is 0 Å². The van der Waals surface area contributed by atoms with Crippen LogP contribution in [0.2, 0.25) is 0 Å². The lowest BCUT2D eigenvalue weighted by Gasteiger charge is -2.28. The molecule has 0 radical (unpaired) electrons. The third kappa shape index (κ3) is 5.17. The summed E-state index contributed by atoms with van der Waals surface area (Å²) in [6, 6.07) is 5.29. The summed E-state index contributed by atoms with van der Waals surface area (Å²) in [6.45, 7) is 7.25. The zero-order chi connectivity index (χ0) is 14.4. The van der Waals surface area contributed by atoms with Crippen LogP contribution < -0.4 is 10.6 Å². The second kappa shape index (κ2) is 7.46. The molecule has 0 aliphatic carbocycles. The minimum Gasteiger partial charge on any atom is -0.368 e. The molecule has 0 fully saturated rings. The van der Waals surface area contributed by atoms with Crippen molar-refractivity contribution in [3.63, 3.8) is 0 Å². The van der Waals surface area contributed by atoms with Gasteiger partial charge in [-0.3, -0.25) is 0 Å². The van der Waals surface area contributed by atoms with Crippen LogP contribution in [-0.2, 0) is 6.54 Å². The van der Waals surface area contributed by atoms with E-state index in [2.05, 4.69) is 23.6 Å². The SMILES string of the molecule is CC(C)CN(CCN(C)C)c1ccc(CN)cc1F. The Morgan fingerprint density at radius 1 is 1.21 bits per heavy atom. The second-order valence-electron chi connectivity index (χ2n) is 5.63. The molecule has 0 heterocycles. The first kappa shape index (κ1) is 15.9. The highest BCUT2D eigenvalue weighted by Gasteiger charge is 2.13. The van der Waals surface area contributed by atoms with E-state index in [0.29, 0.717) is 18.2 Å². The van der Waals surface area contributed by atoms with Crippen molar-refractivity contribution >= 4 is 5.69 Å². The molecule has 0 saturated carbocycles. The number of hydrogen-bond acceptors (Lipinski definition) is 3. The fourth-order valence-electron chi connectivity index (χ4n) is 2.01. The van der Waals surface area contributed by atoms with Crippen LogP contribution in [0.5, 0.6) is 0 Å². The number of halogens is 1. The topological polar surface area (TPSA) is 32.5 Å². The molecule has 3 nitrogen and oxygen atoms in total. The smallest absolute Gasteiger partial charge is 0.146 e. The molecule has 1 aromatic carbocycles. The van der Waals surface area contributed by atoms with Crippen LogP contribution in [-0.4, -0.2) is 38.6 Å². The van der Waals surface area contributed by atoms with Gasteiger partial charge in [-0.2, -0.15) is 0 Å².